The van der Waals surface area contributed by atoms with Gasteiger partial charge in [-0.3, -0.25) is 4.99 Å². The fourth-order valence-corrected chi connectivity index (χ4v) is 3.62. The molecule has 0 spiro atoms. The van der Waals surface area contributed by atoms with E-state index in [4.69, 9.17) is 0 Å². The number of aliphatic hydroxyl groups is 1. The summed E-state index contributed by atoms with van der Waals surface area (Å²) in [7, 11) is 0. The molecule has 2 heterocycles. The van der Waals surface area contributed by atoms with E-state index in [-0.39, 0.29) is 30.0 Å². The first-order chi connectivity index (χ1) is 12.0. The van der Waals surface area contributed by atoms with Gasteiger partial charge in [-0.05, 0) is 26.2 Å². The fraction of sp³-hybridized carbons (Fsp3) is 0.833. The summed E-state index contributed by atoms with van der Waals surface area (Å²) in [6.07, 6.45) is 5.88. The van der Waals surface area contributed by atoms with Crippen molar-refractivity contribution in [2.45, 2.75) is 83.4 Å². The zero-order valence-electron chi connectivity index (χ0n) is 16.2. The first-order valence-electron chi connectivity index (χ1n) is 9.70. The molecule has 1 aromatic heterocycles. The predicted octanol–water partition coefficient (Wildman–Crippen LogP) is 2.19. The Balaban J connectivity index is 0.00000243. The van der Waals surface area contributed by atoms with Crippen molar-refractivity contribution in [3.05, 3.63) is 11.6 Å². The topological polar surface area (TPSA) is 87.4 Å². The molecule has 1 aliphatic carbocycles. The first-order valence-corrected chi connectivity index (χ1v) is 9.70. The van der Waals surface area contributed by atoms with E-state index in [1.54, 1.807) is 0 Å². The summed E-state index contributed by atoms with van der Waals surface area (Å²) in [5.74, 6) is 3.17. The number of hydrogen-bond donors (Lipinski definition) is 3. The molecule has 1 atom stereocenters. The van der Waals surface area contributed by atoms with Crippen LogP contribution in [-0.4, -0.2) is 50.6 Å². The van der Waals surface area contributed by atoms with Crippen molar-refractivity contribution in [3.63, 3.8) is 0 Å². The van der Waals surface area contributed by atoms with Gasteiger partial charge < -0.3 is 15.7 Å². The third-order valence-electron chi connectivity index (χ3n) is 5.14. The number of aryl methyl sites for hydroxylation is 1. The Morgan fingerprint density at radius 1 is 1.38 bits per heavy atom. The monoisotopic (exact) mass is 476 g/mol. The minimum Gasteiger partial charge on any atom is -0.388 e. The lowest BCUT2D eigenvalue weighted by Crippen LogP contribution is -2.47. The van der Waals surface area contributed by atoms with Gasteiger partial charge in [-0.25, -0.2) is 9.67 Å². The maximum absolute atomic E-state index is 10.5. The van der Waals surface area contributed by atoms with E-state index in [1.807, 2.05) is 4.68 Å². The van der Waals surface area contributed by atoms with Crippen LogP contribution in [0.3, 0.4) is 0 Å². The quantitative estimate of drug-likeness (QED) is 0.345. The molecular weight excluding hydrogens is 443 g/mol. The average molecular weight is 476 g/mol. The summed E-state index contributed by atoms with van der Waals surface area (Å²) in [4.78, 5) is 9.29. The largest absolute Gasteiger partial charge is 0.388 e. The highest BCUT2D eigenvalue weighted by Gasteiger charge is 2.31. The number of nitrogens with zero attached hydrogens (tertiary/aromatic N) is 4. The molecule has 2 aliphatic rings. The van der Waals surface area contributed by atoms with Crippen molar-refractivity contribution >= 4 is 29.9 Å². The van der Waals surface area contributed by atoms with E-state index in [2.05, 4.69) is 46.5 Å². The molecule has 7 nitrogen and oxygen atoms in total. The molecule has 1 aliphatic heterocycles. The van der Waals surface area contributed by atoms with Gasteiger partial charge in [-0.1, -0.05) is 26.7 Å². The van der Waals surface area contributed by atoms with Gasteiger partial charge in [0, 0.05) is 24.9 Å². The van der Waals surface area contributed by atoms with Crippen LogP contribution in [0.5, 0.6) is 0 Å². The molecule has 1 fully saturated rings. The minimum atomic E-state index is -0.611. The third-order valence-corrected chi connectivity index (χ3v) is 5.14. The predicted molar refractivity (Wildman–Crippen MR) is 114 cm³/mol. The summed E-state index contributed by atoms with van der Waals surface area (Å²) in [6, 6.07) is 0.283. The van der Waals surface area contributed by atoms with Crippen LogP contribution >= 0.6 is 24.0 Å². The lowest BCUT2D eigenvalue weighted by molar-refractivity contribution is 0.0574. The SMILES string of the molecule is CCNC(=NCC1(O)CCCC1)NC1CCc2nc(C(C)C)nn2C1.I. The summed E-state index contributed by atoms with van der Waals surface area (Å²) in [6.45, 7) is 8.40. The lowest BCUT2D eigenvalue weighted by Gasteiger charge is -2.26. The standard InChI is InChI=1S/C18H32N6O.HI/c1-4-19-17(20-12-18(25)9-5-6-10-18)21-14-7-8-15-22-16(13(2)3)23-24(15)11-14;/h13-14,25H,4-12H2,1-3H3,(H2,19,20,21);1H. The van der Waals surface area contributed by atoms with Crippen LogP contribution < -0.4 is 10.6 Å². The van der Waals surface area contributed by atoms with Crippen LogP contribution in [0.4, 0.5) is 0 Å². The first kappa shape index (κ1) is 21.4. The van der Waals surface area contributed by atoms with Crippen LogP contribution in [0.2, 0.25) is 0 Å². The van der Waals surface area contributed by atoms with Crippen molar-refractivity contribution in [1.29, 1.82) is 0 Å². The highest BCUT2D eigenvalue weighted by Crippen LogP contribution is 2.29. The van der Waals surface area contributed by atoms with Gasteiger partial charge in [0.2, 0.25) is 0 Å². The second-order valence-corrected chi connectivity index (χ2v) is 7.73. The van der Waals surface area contributed by atoms with Crippen molar-refractivity contribution in [2.75, 3.05) is 13.1 Å². The maximum Gasteiger partial charge on any atom is 0.191 e. The van der Waals surface area contributed by atoms with E-state index in [0.717, 1.165) is 69.2 Å². The molecule has 0 radical (unpaired) electrons. The molecule has 1 saturated carbocycles. The van der Waals surface area contributed by atoms with Gasteiger partial charge in [0.15, 0.2) is 11.8 Å². The van der Waals surface area contributed by atoms with Gasteiger partial charge >= 0.3 is 0 Å². The third kappa shape index (κ3) is 5.31. The van der Waals surface area contributed by atoms with Gasteiger partial charge in [0.25, 0.3) is 0 Å². The van der Waals surface area contributed by atoms with Gasteiger partial charge in [0.1, 0.15) is 5.82 Å². The molecule has 3 N–H and O–H groups in total. The van der Waals surface area contributed by atoms with E-state index < -0.39 is 5.60 Å². The second-order valence-electron chi connectivity index (χ2n) is 7.73. The van der Waals surface area contributed by atoms with Crippen molar-refractivity contribution in [3.8, 4) is 0 Å². The molecule has 3 rings (SSSR count). The molecule has 26 heavy (non-hydrogen) atoms. The van der Waals surface area contributed by atoms with Crippen LogP contribution in [0.15, 0.2) is 4.99 Å². The minimum absolute atomic E-state index is 0. The number of hydrogen-bond acceptors (Lipinski definition) is 4. The second kappa shape index (κ2) is 9.34. The molecule has 0 amide bonds. The summed E-state index contributed by atoms with van der Waals surface area (Å²) >= 11 is 0. The zero-order chi connectivity index (χ0) is 17.9. The molecule has 0 aromatic carbocycles. The van der Waals surface area contributed by atoms with Crippen molar-refractivity contribution in [1.82, 2.24) is 25.4 Å². The number of aromatic nitrogens is 3. The van der Waals surface area contributed by atoms with Crippen molar-refractivity contribution < 1.29 is 5.11 Å². The zero-order valence-corrected chi connectivity index (χ0v) is 18.5. The number of fused-ring (bicyclic) bond motifs is 1. The Labute approximate surface area is 173 Å². The molecule has 1 aromatic rings. The van der Waals surface area contributed by atoms with Gasteiger partial charge in [-0.2, -0.15) is 5.10 Å². The highest BCUT2D eigenvalue weighted by molar-refractivity contribution is 14.0. The number of aliphatic imine (C=N–C) groups is 1. The number of halogens is 1. The average Bonchev–Trinajstić information content (AvgIpc) is 3.19. The molecular formula is C18H33IN6O. The van der Waals surface area contributed by atoms with Crippen LogP contribution in [-0.2, 0) is 13.0 Å². The Morgan fingerprint density at radius 2 is 2.12 bits per heavy atom. The van der Waals surface area contributed by atoms with Crippen LogP contribution in [0.1, 0.15) is 70.4 Å². The van der Waals surface area contributed by atoms with E-state index in [9.17, 15) is 5.11 Å². The smallest absolute Gasteiger partial charge is 0.191 e. The molecule has 1 unspecified atom stereocenters. The number of guanidine groups is 1. The van der Waals surface area contributed by atoms with Crippen LogP contribution in [0.25, 0.3) is 0 Å². The molecule has 0 saturated heterocycles. The maximum atomic E-state index is 10.5. The number of rotatable bonds is 5. The molecule has 148 valence electrons. The van der Waals surface area contributed by atoms with E-state index in [0.29, 0.717) is 12.5 Å². The Morgan fingerprint density at radius 3 is 2.77 bits per heavy atom. The highest BCUT2D eigenvalue weighted by atomic mass is 127. The molecule has 0 bridgehead atoms. The normalized spacial score (nSPS) is 22.0. The Kier molecular flexibility index (Phi) is 7.69. The van der Waals surface area contributed by atoms with Crippen molar-refractivity contribution in [2.24, 2.45) is 4.99 Å². The summed E-state index contributed by atoms with van der Waals surface area (Å²) < 4.78 is 2.03. The van der Waals surface area contributed by atoms with E-state index in [1.165, 1.54) is 0 Å². The fourth-order valence-electron chi connectivity index (χ4n) is 3.62. The van der Waals surface area contributed by atoms with Gasteiger partial charge in [-0.15, -0.1) is 24.0 Å². The number of nitrogens with one attached hydrogen (secondary N) is 2. The summed E-state index contributed by atoms with van der Waals surface area (Å²) in [5.41, 5.74) is -0.611. The Hall–Kier alpha value is -0.900. The van der Waals surface area contributed by atoms with Crippen LogP contribution in [0, 0.1) is 0 Å². The van der Waals surface area contributed by atoms with Gasteiger partial charge in [0.05, 0.1) is 18.7 Å². The Bertz CT molecular complexity index is 609. The lowest BCUT2D eigenvalue weighted by atomic mass is 10.0. The van der Waals surface area contributed by atoms with E-state index >= 15 is 0 Å². The summed E-state index contributed by atoms with van der Waals surface area (Å²) in [5, 5.41) is 22.0. The molecule has 8 heteroatoms.